The molecule has 0 aliphatic rings. The lowest BCUT2D eigenvalue weighted by molar-refractivity contribution is -0.816. The molecule has 0 aliphatic heterocycles. The van der Waals surface area contributed by atoms with E-state index in [1.165, 1.54) is 18.3 Å². The second kappa shape index (κ2) is 4.46. The van der Waals surface area contributed by atoms with Crippen molar-refractivity contribution >= 4 is 16.2 Å². The topological polar surface area (TPSA) is 83.4 Å². The third-order valence-electron chi connectivity index (χ3n) is 2.17. The van der Waals surface area contributed by atoms with Crippen LogP contribution in [0.25, 0.3) is 0 Å². The molecule has 5 nitrogen and oxygen atoms in total. The summed E-state index contributed by atoms with van der Waals surface area (Å²) in [5.74, 6) is 0. The Morgan fingerprint density at radius 1 is 1.24 bits per heavy atom. The van der Waals surface area contributed by atoms with E-state index in [4.69, 9.17) is 5.14 Å². The van der Waals surface area contributed by atoms with Gasteiger partial charge in [-0.25, -0.2) is 13.6 Å². The van der Waals surface area contributed by atoms with Crippen LogP contribution in [0.5, 0.6) is 0 Å². The van der Waals surface area contributed by atoms with Gasteiger partial charge in [0, 0.05) is 26.3 Å². The Labute approximate surface area is 101 Å². The van der Waals surface area contributed by atoms with Crippen molar-refractivity contribution in [1.82, 2.24) is 0 Å². The SMILES string of the molecule is CC(C)(C)/[N+](O)=C/c1ccc(S(N)(=O)=O)cc1. The van der Waals surface area contributed by atoms with Crippen LogP contribution >= 0.6 is 0 Å². The van der Waals surface area contributed by atoms with Gasteiger partial charge in [0.25, 0.3) is 0 Å². The summed E-state index contributed by atoms with van der Waals surface area (Å²) in [6.07, 6.45) is 1.52. The number of primary sulfonamides is 1. The molecule has 0 bridgehead atoms. The van der Waals surface area contributed by atoms with Crippen molar-refractivity contribution in [3.8, 4) is 0 Å². The number of nitrogens with zero attached hydrogens (tertiary/aromatic N) is 1. The van der Waals surface area contributed by atoms with E-state index in [2.05, 4.69) is 0 Å². The maximum atomic E-state index is 11.0. The average molecular weight is 257 g/mol. The zero-order chi connectivity index (χ0) is 13.3. The first kappa shape index (κ1) is 13.7. The van der Waals surface area contributed by atoms with Gasteiger partial charge in [-0.05, 0) is 29.0 Å². The highest BCUT2D eigenvalue weighted by molar-refractivity contribution is 7.89. The minimum atomic E-state index is -3.67. The first-order valence-electron chi connectivity index (χ1n) is 5.07. The molecule has 0 radical (unpaired) electrons. The molecule has 1 aromatic carbocycles. The number of rotatable bonds is 2. The fourth-order valence-electron chi connectivity index (χ4n) is 1.08. The second-order valence-corrected chi connectivity index (χ2v) is 6.32. The van der Waals surface area contributed by atoms with Crippen LogP contribution in [0.2, 0.25) is 0 Å². The lowest BCUT2D eigenvalue weighted by Crippen LogP contribution is -2.31. The molecule has 0 aromatic heterocycles. The molecular formula is C11H17N2O3S+. The lowest BCUT2D eigenvalue weighted by Gasteiger charge is -2.09. The number of nitrogens with two attached hydrogens (primary N) is 1. The van der Waals surface area contributed by atoms with E-state index in [1.54, 1.807) is 12.1 Å². The van der Waals surface area contributed by atoms with Crippen molar-refractivity contribution in [2.75, 3.05) is 0 Å². The van der Waals surface area contributed by atoms with Crippen LogP contribution in [0.15, 0.2) is 29.2 Å². The molecule has 0 saturated carbocycles. The molecule has 17 heavy (non-hydrogen) atoms. The Kier molecular flexibility index (Phi) is 3.59. The Balaban J connectivity index is 3.06. The van der Waals surface area contributed by atoms with Crippen molar-refractivity contribution in [3.63, 3.8) is 0 Å². The summed E-state index contributed by atoms with van der Waals surface area (Å²) in [6.45, 7) is 5.55. The summed E-state index contributed by atoms with van der Waals surface area (Å²) in [5.41, 5.74) is 0.272. The fraction of sp³-hybridized carbons (Fsp3) is 0.364. The van der Waals surface area contributed by atoms with Gasteiger partial charge in [0.05, 0.1) is 4.90 Å². The molecule has 0 saturated heterocycles. The molecule has 3 N–H and O–H groups in total. The van der Waals surface area contributed by atoms with Crippen LogP contribution in [0.4, 0.5) is 0 Å². The summed E-state index contributed by atoms with van der Waals surface area (Å²) in [6, 6.07) is 5.96. The van der Waals surface area contributed by atoms with Gasteiger partial charge in [0.1, 0.15) is 0 Å². The molecule has 6 heteroatoms. The highest BCUT2D eigenvalue weighted by Crippen LogP contribution is 2.09. The van der Waals surface area contributed by atoms with Crippen molar-refractivity contribution in [2.24, 2.45) is 5.14 Å². The average Bonchev–Trinajstić information content (AvgIpc) is 2.15. The number of hydrogen-bond acceptors (Lipinski definition) is 3. The van der Waals surface area contributed by atoms with Crippen molar-refractivity contribution in [1.29, 1.82) is 0 Å². The predicted molar refractivity (Wildman–Crippen MR) is 64.8 cm³/mol. The van der Waals surface area contributed by atoms with Gasteiger partial charge in [-0.15, -0.1) is 0 Å². The number of benzene rings is 1. The number of hydrogen-bond donors (Lipinski definition) is 2. The van der Waals surface area contributed by atoms with Gasteiger partial charge in [0.2, 0.25) is 21.8 Å². The van der Waals surface area contributed by atoms with Gasteiger partial charge >= 0.3 is 0 Å². The lowest BCUT2D eigenvalue weighted by atomic mass is 10.1. The molecule has 1 aromatic rings. The first-order valence-corrected chi connectivity index (χ1v) is 6.61. The molecule has 0 spiro atoms. The highest BCUT2D eigenvalue weighted by Gasteiger charge is 2.24. The summed E-state index contributed by atoms with van der Waals surface area (Å²) >= 11 is 0. The molecule has 94 valence electrons. The molecule has 0 heterocycles. The standard InChI is InChI=1S/C11H17N2O3S/c1-11(2,3)13(14)8-9-4-6-10(7-5-9)17(12,15)16/h4-8,14H,1-3H3,(H2,12,15,16)/q+1/b13-8-. The summed E-state index contributed by atoms with van der Waals surface area (Å²) < 4.78 is 23.1. The van der Waals surface area contributed by atoms with Crippen molar-refractivity contribution in [3.05, 3.63) is 29.8 Å². The summed E-state index contributed by atoms with van der Waals surface area (Å²) in [7, 11) is -3.67. The highest BCUT2D eigenvalue weighted by atomic mass is 32.2. The maximum Gasteiger partial charge on any atom is 0.238 e. The largest absolute Gasteiger partial charge is 0.290 e. The van der Waals surface area contributed by atoms with E-state index in [1.807, 2.05) is 20.8 Å². The van der Waals surface area contributed by atoms with E-state index in [-0.39, 0.29) is 4.90 Å². The molecule has 0 aliphatic carbocycles. The summed E-state index contributed by atoms with van der Waals surface area (Å²) in [4.78, 5) is 0.0508. The molecule has 1 rings (SSSR count). The summed E-state index contributed by atoms with van der Waals surface area (Å²) in [5, 5.41) is 14.7. The monoisotopic (exact) mass is 257 g/mol. The van der Waals surface area contributed by atoms with Crippen LogP contribution in [0.3, 0.4) is 0 Å². The zero-order valence-corrected chi connectivity index (χ0v) is 10.9. The quantitative estimate of drug-likeness (QED) is 0.358. The van der Waals surface area contributed by atoms with E-state index in [0.29, 0.717) is 5.56 Å². The predicted octanol–water partition coefficient (Wildman–Crippen LogP) is 0.953. The number of sulfonamides is 1. The van der Waals surface area contributed by atoms with Gasteiger partial charge in [0.15, 0.2) is 0 Å². The van der Waals surface area contributed by atoms with Gasteiger partial charge in [-0.3, -0.25) is 5.21 Å². The normalized spacial score (nSPS) is 13.8. The Bertz CT molecular complexity index is 525. The van der Waals surface area contributed by atoms with Crippen LogP contribution in [0, 0.1) is 0 Å². The molecule has 0 atom stereocenters. The zero-order valence-electron chi connectivity index (χ0n) is 10.1. The van der Waals surface area contributed by atoms with Gasteiger partial charge in [-0.2, -0.15) is 0 Å². The van der Waals surface area contributed by atoms with Crippen molar-refractivity contribution < 1.29 is 18.4 Å². The van der Waals surface area contributed by atoms with Gasteiger partial charge < -0.3 is 0 Å². The van der Waals surface area contributed by atoms with Gasteiger partial charge in [-0.1, -0.05) is 0 Å². The third-order valence-corrected chi connectivity index (χ3v) is 3.10. The van der Waals surface area contributed by atoms with Crippen molar-refractivity contribution in [2.45, 2.75) is 31.2 Å². The van der Waals surface area contributed by atoms with Crippen LogP contribution in [0.1, 0.15) is 26.3 Å². The maximum absolute atomic E-state index is 11.0. The van der Waals surface area contributed by atoms with E-state index in [0.717, 1.165) is 4.74 Å². The molecule has 0 fully saturated rings. The first-order chi connectivity index (χ1) is 7.60. The Morgan fingerprint density at radius 3 is 2.06 bits per heavy atom. The van der Waals surface area contributed by atoms with Crippen LogP contribution < -0.4 is 5.14 Å². The minimum Gasteiger partial charge on any atom is -0.290 e. The van der Waals surface area contributed by atoms with E-state index < -0.39 is 15.6 Å². The Morgan fingerprint density at radius 2 is 1.71 bits per heavy atom. The van der Waals surface area contributed by atoms with Crippen LogP contribution in [-0.4, -0.2) is 30.1 Å². The number of hydroxylamine groups is 1. The second-order valence-electron chi connectivity index (χ2n) is 4.76. The van der Waals surface area contributed by atoms with E-state index >= 15 is 0 Å². The molecule has 0 unspecified atom stereocenters. The smallest absolute Gasteiger partial charge is 0.238 e. The molecular weight excluding hydrogens is 240 g/mol. The molecule has 0 amide bonds. The van der Waals surface area contributed by atoms with Crippen LogP contribution in [-0.2, 0) is 10.0 Å². The fourth-order valence-corrected chi connectivity index (χ4v) is 1.59. The third kappa shape index (κ3) is 3.83. The minimum absolute atomic E-state index is 0.0508. The Hall–Kier alpha value is -1.40. The van der Waals surface area contributed by atoms with E-state index in [9.17, 15) is 13.6 Å².